The molecule has 6 nitrogen and oxygen atoms in total. The van der Waals surface area contributed by atoms with Crippen LogP contribution in [0.4, 0.5) is 0 Å². The normalized spacial score (nSPS) is 40.7. The van der Waals surface area contributed by atoms with Crippen LogP contribution in [0.1, 0.15) is 5.56 Å². The SMILES string of the molecule is CO[C@@H]1[C@H]2OC3O[C@@H]1C(=O)[C@H](O3)[C@H]2OCc1ccccc1. The van der Waals surface area contributed by atoms with Crippen LogP contribution in [0.2, 0.25) is 0 Å². The Kier molecular flexibility index (Phi) is 3.28. The Morgan fingerprint density at radius 3 is 2.48 bits per heavy atom. The fraction of sp³-hybridized carbons (Fsp3) is 0.533. The molecule has 0 aromatic heterocycles. The molecule has 1 saturated carbocycles. The van der Waals surface area contributed by atoms with Crippen molar-refractivity contribution in [3.05, 3.63) is 35.9 Å². The number of ketones is 1. The first kappa shape index (κ1) is 13.4. The van der Waals surface area contributed by atoms with E-state index >= 15 is 0 Å². The van der Waals surface area contributed by atoms with Crippen molar-refractivity contribution in [2.24, 2.45) is 0 Å². The zero-order chi connectivity index (χ0) is 14.4. The third-order valence-electron chi connectivity index (χ3n) is 4.15. The second kappa shape index (κ2) is 5.15. The molecule has 4 aliphatic rings. The molecule has 0 spiro atoms. The average Bonchev–Trinajstić information content (AvgIpc) is 2.52. The van der Waals surface area contributed by atoms with E-state index in [2.05, 4.69) is 0 Å². The first-order valence-corrected chi connectivity index (χ1v) is 6.96. The van der Waals surface area contributed by atoms with Crippen LogP contribution >= 0.6 is 0 Å². The highest BCUT2D eigenvalue weighted by atomic mass is 16.9. The van der Waals surface area contributed by atoms with Crippen LogP contribution in [0, 0.1) is 0 Å². The predicted octanol–water partition coefficient (Wildman–Crippen LogP) is 0.636. The monoisotopic (exact) mass is 292 g/mol. The Bertz CT molecular complexity index is 532. The number of benzene rings is 1. The van der Waals surface area contributed by atoms with Crippen molar-refractivity contribution in [3.8, 4) is 0 Å². The van der Waals surface area contributed by atoms with Gasteiger partial charge in [0.05, 0.1) is 6.61 Å². The summed E-state index contributed by atoms with van der Waals surface area (Å²) < 4.78 is 27.7. The van der Waals surface area contributed by atoms with Gasteiger partial charge in [0.25, 0.3) is 6.48 Å². The second-order valence-electron chi connectivity index (χ2n) is 5.37. The average molecular weight is 292 g/mol. The maximum absolute atomic E-state index is 12.3. The van der Waals surface area contributed by atoms with Gasteiger partial charge in [0.1, 0.15) is 18.3 Å². The van der Waals surface area contributed by atoms with Crippen LogP contribution in [-0.4, -0.2) is 49.9 Å². The molecule has 6 heteroatoms. The van der Waals surface area contributed by atoms with Crippen LogP contribution in [0.25, 0.3) is 0 Å². The summed E-state index contributed by atoms with van der Waals surface area (Å²) >= 11 is 0. The van der Waals surface area contributed by atoms with Gasteiger partial charge in [0.2, 0.25) is 0 Å². The molecular weight excluding hydrogens is 276 g/mol. The van der Waals surface area contributed by atoms with Gasteiger partial charge in [-0.25, -0.2) is 0 Å². The van der Waals surface area contributed by atoms with E-state index in [1.807, 2.05) is 30.3 Å². The van der Waals surface area contributed by atoms with Gasteiger partial charge in [0, 0.05) is 7.11 Å². The van der Waals surface area contributed by atoms with Crippen molar-refractivity contribution in [1.29, 1.82) is 0 Å². The zero-order valence-electron chi connectivity index (χ0n) is 11.5. The first-order valence-electron chi connectivity index (χ1n) is 6.96. The molecule has 21 heavy (non-hydrogen) atoms. The summed E-state index contributed by atoms with van der Waals surface area (Å²) in [4.78, 5) is 12.3. The van der Waals surface area contributed by atoms with Gasteiger partial charge in [-0.15, -0.1) is 0 Å². The van der Waals surface area contributed by atoms with Crippen molar-refractivity contribution in [1.82, 2.24) is 0 Å². The van der Waals surface area contributed by atoms with Crippen molar-refractivity contribution in [3.63, 3.8) is 0 Å². The van der Waals surface area contributed by atoms with E-state index in [1.165, 1.54) is 0 Å². The van der Waals surface area contributed by atoms with Gasteiger partial charge in [0.15, 0.2) is 18.0 Å². The third kappa shape index (κ3) is 2.11. The molecule has 0 N–H and O–H groups in total. The Hall–Kier alpha value is -1.31. The molecule has 1 aliphatic carbocycles. The molecule has 0 radical (unpaired) electrons. The van der Waals surface area contributed by atoms with Crippen molar-refractivity contribution in [2.45, 2.75) is 43.6 Å². The maximum Gasteiger partial charge on any atom is 0.273 e. The molecule has 3 aliphatic heterocycles. The van der Waals surface area contributed by atoms with Gasteiger partial charge in [-0.3, -0.25) is 4.79 Å². The number of Topliss-reactive ketones (excluding diaryl/α,β-unsaturated/α-hetero) is 1. The molecule has 4 bridgehead atoms. The van der Waals surface area contributed by atoms with Crippen LogP contribution < -0.4 is 0 Å². The fourth-order valence-corrected chi connectivity index (χ4v) is 3.13. The molecule has 1 unspecified atom stereocenters. The minimum atomic E-state index is -0.786. The minimum Gasteiger partial charge on any atom is -0.375 e. The second-order valence-corrected chi connectivity index (χ2v) is 5.37. The Morgan fingerprint density at radius 1 is 1.05 bits per heavy atom. The third-order valence-corrected chi connectivity index (χ3v) is 4.15. The quantitative estimate of drug-likeness (QED) is 0.811. The van der Waals surface area contributed by atoms with E-state index in [0.717, 1.165) is 5.56 Å². The summed E-state index contributed by atoms with van der Waals surface area (Å²) in [5, 5.41) is 0. The van der Waals surface area contributed by atoms with E-state index in [1.54, 1.807) is 7.11 Å². The number of hydrogen-bond donors (Lipinski definition) is 0. The summed E-state index contributed by atoms with van der Waals surface area (Å²) in [6, 6.07) is 9.77. The van der Waals surface area contributed by atoms with Crippen molar-refractivity contribution in [2.75, 3.05) is 7.11 Å². The van der Waals surface area contributed by atoms with Crippen molar-refractivity contribution < 1.29 is 28.5 Å². The van der Waals surface area contributed by atoms with Crippen LogP contribution in [0.15, 0.2) is 30.3 Å². The number of methoxy groups -OCH3 is 1. The minimum absolute atomic E-state index is 0.129. The smallest absolute Gasteiger partial charge is 0.273 e. The van der Waals surface area contributed by atoms with E-state index < -0.39 is 30.9 Å². The topological polar surface area (TPSA) is 63.2 Å². The fourth-order valence-electron chi connectivity index (χ4n) is 3.13. The number of ether oxygens (including phenoxy) is 5. The molecule has 6 atom stereocenters. The summed E-state index contributed by atoms with van der Waals surface area (Å²) in [5.74, 6) is -0.129. The highest BCUT2D eigenvalue weighted by Crippen LogP contribution is 2.40. The molecule has 3 heterocycles. The van der Waals surface area contributed by atoms with E-state index in [9.17, 15) is 4.79 Å². The zero-order valence-corrected chi connectivity index (χ0v) is 11.5. The number of carbonyl (C=O) groups excluding carboxylic acids is 1. The molecule has 1 aromatic carbocycles. The largest absolute Gasteiger partial charge is 0.375 e. The van der Waals surface area contributed by atoms with Gasteiger partial charge in [-0.2, -0.15) is 0 Å². The molecule has 0 amide bonds. The van der Waals surface area contributed by atoms with Gasteiger partial charge in [-0.1, -0.05) is 30.3 Å². The molecular formula is C15H16O6. The number of carbonyl (C=O) groups is 1. The maximum atomic E-state index is 12.3. The van der Waals surface area contributed by atoms with Crippen LogP contribution in [0.5, 0.6) is 0 Å². The van der Waals surface area contributed by atoms with E-state index in [4.69, 9.17) is 23.7 Å². The van der Waals surface area contributed by atoms with E-state index in [0.29, 0.717) is 6.61 Å². The van der Waals surface area contributed by atoms with Crippen LogP contribution in [0.3, 0.4) is 0 Å². The molecule has 5 rings (SSSR count). The molecule has 3 saturated heterocycles. The summed E-state index contributed by atoms with van der Waals surface area (Å²) in [5.41, 5.74) is 1.03. The van der Waals surface area contributed by atoms with Gasteiger partial charge in [-0.05, 0) is 5.56 Å². The Labute approximate surface area is 121 Å². The lowest BCUT2D eigenvalue weighted by Crippen LogP contribution is -2.74. The predicted molar refractivity (Wildman–Crippen MR) is 69.2 cm³/mol. The number of hydrogen-bond acceptors (Lipinski definition) is 6. The summed E-state index contributed by atoms with van der Waals surface area (Å²) in [7, 11) is 1.54. The van der Waals surface area contributed by atoms with Crippen molar-refractivity contribution >= 4 is 5.78 Å². The van der Waals surface area contributed by atoms with E-state index in [-0.39, 0.29) is 11.9 Å². The summed E-state index contributed by atoms with van der Waals surface area (Å²) in [6.45, 7) is -0.392. The molecule has 4 fully saturated rings. The standard InChI is InChI=1S/C15H16O6/c1-17-12-10-9(16)11-13(14(12)21-15(19-10)20-11)18-7-8-5-3-2-4-6-8/h2-6,10-15H,7H2,1H3/t10-,11+,12+,13-,14-,15?/m1/s1. The highest BCUT2D eigenvalue weighted by molar-refractivity contribution is 5.90. The number of rotatable bonds is 4. The van der Waals surface area contributed by atoms with Gasteiger partial charge >= 0.3 is 0 Å². The lowest BCUT2D eigenvalue weighted by atomic mass is 9.83. The highest BCUT2D eigenvalue weighted by Gasteiger charge is 2.62. The lowest BCUT2D eigenvalue weighted by molar-refractivity contribution is -0.444. The molecule has 1 aromatic rings. The Morgan fingerprint density at radius 2 is 1.76 bits per heavy atom. The summed E-state index contributed by atoms with van der Waals surface area (Å²) in [6.07, 6.45) is -2.52. The lowest BCUT2D eigenvalue weighted by Gasteiger charge is -2.54. The van der Waals surface area contributed by atoms with Gasteiger partial charge < -0.3 is 23.7 Å². The first-order chi connectivity index (χ1) is 10.3. The van der Waals surface area contributed by atoms with Crippen LogP contribution in [-0.2, 0) is 35.1 Å². The Balaban J connectivity index is 1.53. The molecule has 112 valence electrons.